The summed E-state index contributed by atoms with van der Waals surface area (Å²) in [7, 11) is 2.18. The minimum absolute atomic E-state index is 0.477. The van der Waals surface area contributed by atoms with Crippen LogP contribution in [-0.2, 0) is 0 Å². The molecule has 0 aromatic carbocycles. The van der Waals surface area contributed by atoms with Gasteiger partial charge in [-0.1, -0.05) is 0 Å². The Kier molecular flexibility index (Phi) is 2.99. The van der Waals surface area contributed by atoms with Gasteiger partial charge < -0.3 is 10.0 Å². The van der Waals surface area contributed by atoms with Gasteiger partial charge in [0.1, 0.15) is 0 Å². The van der Waals surface area contributed by atoms with E-state index in [4.69, 9.17) is 5.26 Å². The average Bonchev–Trinajstić information content (AvgIpc) is 2.44. The molecule has 0 aromatic heterocycles. The van der Waals surface area contributed by atoms with Crippen LogP contribution in [0.5, 0.6) is 0 Å². The Labute approximate surface area is 91.7 Å². The van der Waals surface area contributed by atoms with Crippen molar-refractivity contribution in [2.75, 3.05) is 7.05 Å². The van der Waals surface area contributed by atoms with Gasteiger partial charge in [0.15, 0.2) is 0 Å². The highest BCUT2D eigenvalue weighted by Crippen LogP contribution is 2.41. The lowest BCUT2D eigenvalue weighted by molar-refractivity contribution is -0.0508. The molecule has 3 nitrogen and oxygen atoms in total. The van der Waals surface area contributed by atoms with Crippen molar-refractivity contribution in [3.05, 3.63) is 0 Å². The Morgan fingerprint density at radius 1 is 1.40 bits per heavy atom. The maximum absolute atomic E-state index is 10.5. The molecule has 2 aliphatic rings. The lowest BCUT2D eigenvalue weighted by Crippen LogP contribution is -2.49. The van der Waals surface area contributed by atoms with Gasteiger partial charge in [0.2, 0.25) is 0 Å². The van der Waals surface area contributed by atoms with E-state index < -0.39 is 5.60 Å². The quantitative estimate of drug-likeness (QED) is 0.718. The van der Waals surface area contributed by atoms with E-state index in [1.165, 1.54) is 12.8 Å². The molecule has 3 heteroatoms. The second-order valence-electron chi connectivity index (χ2n) is 5.19. The van der Waals surface area contributed by atoms with Crippen molar-refractivity contribution in [2.45, 2.75) is 62.6 Å². The van der Waals surface area contributed by atoms with Crippen LogP contribution in [0, 0.1) is 11.3 Å². The number of piperidine rings is 1. The van der Waals surface area contributed by atoms with Gasteiger partial charge in [-0.25, -0.2) is 0 Å². The molecule has 15 heavy (non-hydrogen) atoms. The molecular weight excluding hydrogens is 188 g/mol. The Balaban J connectivity index is 1.92. The van der Waals surface area contributed by atoms with E-state index >= 15 is 0 Å². The molecule has 0 aliphatic carbocycles. The molecule has 0 saturated carbocycles. The van der Waals surface area contributed by atoms with Gasteiger partial charge in [-0.15, -0.1) is 0 Å². The van der Waals surface area contributed by atoms with Gasteiger partial charge in [-0.3, -0.25) is 0 Å². The van der Waals surface area contributed by atoms with Gasteiger partial charge in [0.05, 0.1) is 11.7 Å². The van der Waals surface area contributed by atoms with E-state index in [-0.39, 0.29) is 0 Å². The predicted molar refractivity (Wildman–Crippen MR) is 58.2 cm³/mol. The van der Waals surface area contributed by atoms with Gasteiger partial charge in [-0.05, 0) is 45.6 Å². The third-order valence-corrected chi connectivity index (χ3v) is 4.15. The molecule has 0 amide bonds. The third kappa shape index (κ3) is 2.16. The first-order chi connectivity index (χ1) is 7.14. The minimum atomic E-state index is -0.477. The smallest absolute Gasteiger partial charge is 0.0678 e. The summed E-state index contributed by atoms with van der Waals surface area (Å²) in [6, 6.07) is 3.31. The molecular formula is C12H20N2O. The zero-order chi connectivity index (χ0) is 10.9. The van der Waals surface area contributed by atoms with Crippen molar-refractivity contribution >= 4 is 0 Å². The molecule has 2 heterocycles. The van der Waals surface area contributed by atoms with Crippen molar-refractivity contribution in [1.29, 1.82) is 5.26 Å². The Bertz CT molecular complexity index is 257. The highest BCUT2D eigenvalue weighted by molar-refractivity contribution is 5.00. The lowest BCUT2D eigenvalue weighted by atomic mass is 9.82. The highest BCUT2D eigenvalue weighted by Gasteiger charge is 2.45. The average molecular weight is 208 g/mol. The van der Waals surface area contributed by atoms with Gasteiger partial charge in [-0.2, -0.15) is 5.26 Å². The predicted octanol–water partition coefficient (Wildman–Crippen LogP) is 1.67. The first-order valence-electron chi connectivity index (χ1n) is 5.96. The fourth-order valence-corrected chi connectivity index (χ4v) is 3.24. The van der Waals surface area contributed by atoms with Crippen LogP contribution in [-0.4, -0.2) is 34.7 Å². The summed E-state index contributed by atoms with van der Waals surface area (Å²) in [6.07, 6.45) is 6.52. The van der Waals surface area contributed by atoms with E-state index in [0.717, 1.165) is 25.7 Å². The molecule has 2 aliphatic heterocycles. The van der Waals surface area contributed by atoms with Crippen LogP contribution in [0.3, 0.4) is 0 Å². The number of rotatable bonds is 3. The lowest BCUT2D eigenvalue weighted by Gasteiger charge is -2.42. The summed E-state index contributed by atoms with van der Waals surface area (Å²) in [4.78, 5) is 2.43. The highest BCUT2D eigenvalue weighted by atomic mass is 16.3. The number of aliphatic hydroxyl groups is 1. The van der Waals surface area contributed by atoms with Gasteiger partial charge >= 0.3 is 0 Å². The van der Waals surface area contributed by atoms with Crippen LogP contribution in [0.25, 0.3) is 0 Å². The summed E-state index contributed by atoms with van der Waals surface area (Å²) in [5.41, 5.74) is -0.477. The molecule has 84 valence electrons. The maximum Gasteiger partial charge on any atom is 0.0678 e. The fraction of sp³-hybridized carbons (Fsp3) is 0.917. The number of hydrogen-bond donors (Lipinski definition) is 1. The van der Waals surface area contributed by atoms with Crippen molar-refractivity contribution in [3.8, 4) is 6.07 Å². The first kappa shape index (κ1) is 10.9. The van der Waals surface area contributed by atoms with Crippen LogP contribution in [0.15, 0.2) is 0 Å². The maximum atomic E-state index is 10.5. The topological polar surface area (TPSA) is 47.3 Å². The van der Waals surface area contributed by atoms with Crippen molar-refractivity contribution < 1.29 is 5.11 Å². The number of nitriles is 1. The summed E-state index contributed by atoms with van der Waals surface area (Å²) in [5, 5.41) is 19.0. The number of unbranched alkanes of at least 4 members (excludes halogenated alkanes) is 1. The minimum Gasteiger partial charge on any atom is -0.390 e. The molecule has 2 bridgehead atoms. The molecule has 2 fully saturated rings. The van der Waals surface area contributed by atoms with Crippen LogP contribution in [0.4, 0.5) is 0 Å². The molecule has 1 N–H and O–H groups in total. The standard InChI is InChI=1S/C12H20N2O/c1-14-10-4-5-11(14)9-12(15,8-10)6-2-3-7-13/h10-11,15H,2-6,8-9H2,1H3. The largest absolute Gasteiger partial charge is 0.390 e. The Morgan fingerprint density at radius 3 is 2.53 bits per heavy atom. The number of nitrogens with zero attached hydrogens (tertiary/aromatic N) is 2. The molecule has 0 radical (unpaired) electrons. The molecule has 2 atom stereocenters. The zero-order valence-corrected chi connectivity index (χ0v) is 9.45. The fourth-order valence-electron chi connectivity index (χ4n) is 3.24. The van der Waals surface area contributed by atoms with Crippen LogP contribution in [0.1, 0.15) is 44.9 Å². The molecule has 2 rings (SSSR count). The van der Waals surface area contributed by atoms with E-state index in [1.54, 1.807) is 0 Å². The van der Waals surface area contributed by atoms with E-state index in [2.05, 4.69) is 18.0 Å². The van der Waals surface area contributed by atoms with E-state index in [1.807, 2.05) is 0 Å². The summed E-state index contributed by atoms with van der Waals surface area (Å²) >= 11 is 0. The third-order valence-electron chi connectivity index (χ3n) is 4.15. The monoisotopic (exact) mass is 208 g/mol. The molecule has 2 unspecified atom stereocenters. The van der Waals surface area contributed by atoms with Gasteiger partial charge in [0, 0.05) is 18.5 Å². The Hall–Kier alpha value is -0.590. The molecule has 0 spiro atoms. The van der Waals surface area contributed by atoms with Crippen molar-refractivity contribution in [1.82, 2.24) is 4.90 Å². The first-order valence-corrected chi connectivity index (χ1v) is 5.96. The zero-order valence-electron chi connectivity index (χ0n) is 9.45. The summed E-state index contributed by atoms with van der Waals surface area (Å²) < 4.78 is 0. The molecule has 0 aromatic rings. The second kappa shape index (κ2) is 4.11. The van der Waals surface area contributed by atoms with Crippen molar-refractivity contribution in [3.63, 3.8) is 0 Å². The van der Waals surface area contributed by atoms with Crippen LogP contribution >= 0.6 is 0 Å². The second-order valence-corrected chi connectivity index (χ2v) is 5.19. The van der Waals surface area contributed by atoms with E-state index in [0.29, 0.717) is 18.5 Å². The van der Waals surface area contributed by atoms with Crippen LogP contribution < -0.4 is 0 Å². The van der Waals surface area contributed by atoms with Gasteiger partial charge in [0.25, 0.3) is 0 Å². The molecule has 2 saturated heterocycles. The SMILES string of the molecule is CN1C2CCC1CC(O)(CCCC#N)C2. The Morgan fingerprint density at radius 2 is 2.00 bits per heavy atom. The normalized spacial score (nSPS) is 40.3. The van der Waals surface area contributed by atoms with E-state index in [9.17, 15) is 5.11 Å². The summed E-state index contributed by atoms with van der Waals surface area (Å²) in [6.45, 7) is 0. The van der Waals surface area contributed by atoms with Crippen LogP contribution in [0.2, 0.25) is 0 Å². The summed E-state index contributed by atoms with van der Waals surface area (Å²) in [5.74, 6) is 0. The van der Waals surface area contributed by atoms with Crippen molar-refractivity contribution in [2.24, 2.45) is 0 Å². The number of hydrogen-bond acceptors (Lipinski definition) is 3. The number of fused-ring (bicyclic) bond motifs is 2.